The van der Waals surface area contributed by atoms with Gasteiger partial charge in [0.15, 0.2) is 9.84 Å². The minimum absolute atomic E-state index is 0.00389. The molecule has 1 aliphatic carbocycles. The molecule has 0 spiro atoms. The number of carbonyl (C=O) groups is 2. The molecule has 0 aromatic heterocycles. The predicted molar refractivity (Wildman–Crippen MR) is 150 cm³/mol. The van der Waals surface area contributed by atoms with Gasteiger partial charge in [0.25, 0.3) is 0 Å². The summed E-state index contributed by atoms with van der Waals surface area (Å²) in [6, 6.07) is 6.14. The molecule has 0 saturated carbocycles. The lowest BCUT2D eigenvalue weighted by Gasteiger charge is -2.43. The third-order valence-electron chi connectivity index (χ3n) is 9.22. The smallest absolute Gasteiger partial charge is 0.435 e. The molecule has 2 aromatic carbocycles. The van der Waals surface area contributed by atoms with E-state index in [-0.39, 0.29) is 67.5 Å². The van der Waals surface area contributed by atoms with Crippen LogP contribution in [0.25, 0.3) is 0 Å². The quantitative estimate of drug-likeness (QED) is 0.258. The SMILES string of the molecule is CCc1ccc(S(=O)(=O)C23CCN(C(=O)[C@H](CCF)CCCC(=O)O)C2CCc2cc(C(F)(C(F)(F)F)C(F)(F)F)ccc23)cc1. The number of benzene rings is 2. The van der Waals surface area contributed by atoms with Gasteiger partial charge in [-0.05, 0) is 73.8 Å². The summed E-state index contributed by atoms with van der Waals surface area (Å²) in [4.78, 5) is 25.9. The Hall–Kier alpha value is -3.23. The lowest BCUT2D eigenvalue weighted by molar-refractivity contribution is -0.348. The van der Waals surface area contributed by atoms with Crippen molar-refractivity contribution in [1.29, 1.82) is 0 Å². The molecule has 0 radical (unpaired) electrons. The van der Waals surface area contributed by atoms with E-state index < -0.39 is 68.7 Å². The number of rotatable bonds is 11. The van der Waals surface area contributed by atoms with E-state index in [1.807, 2.05) is 6.92 Å². The second-order valence-electron chi connectivity index (χ2n) is 11.7. The highest BCUT2D eigenvalue weighted by molar-refractivity contribution is 7.92. The van der Waals surface area contributed by atoms with Gasteiger partial charge in [-0.1, -0.05) is 37.3 Å². The Labute approximate surface area is 260 Å². The molecule has 1 fully saturated rings. The number of alkyl halides is 8. The van der Waals surface area contributed by atoms with Crippen molar-refractivity contribution in [1.82, 2.24) is 4.90 Å². The van der Waals surface area contributed by atoms with E-state index in [1.54, 1.807) is 12.1 Å². The molecular formula is C31H33F8NO5S. The average molecular weight is 684 g/mol. The van der Waals surface area contributed by atoms with Crippen molar-refractivity contribution in [3.8, 4) is 0 Å². The Morgan fingerprint density at radius 1 is 1.00 bits per heavy atom. The van der Waals surface area contributed by atoms with Gasteiger partial charge in [0.05, 0.1) is 17.6 Å². The first-order valence-electron chi connectivity index (χ1n) is 14.7. The number of aryl methyl sites for hydroxylation is 2. The summed E-state index contributed by atoms with van der Waals surface area (Å²) >= 11 is 0. The number of aliphatic carboxylic acids is 1. The first kappa shape index (κ1) is 35.6. The summed E-state index contributed by atoms with van der Waals surface area (Å²) in [6.07, 6.45) is -13.4. The fraction of sp³-hybridized carbons (Fsp3) is 0.548. The molecule has 2 unspecified atom stereocenters. The zero-order valence-corrected chi connectivity index (χ0v) is 25.5. The Morgan fingerprint density at radius 2 is 1.63 bits per heavy atom. The van der Waals surface area contributed by atoms with E-state index in [1.165, 1.54) is 17.0 Å². The summed E-state index contributed by atoms with van der Waals surface area (Å²) in [5, 5.41) is 8.99. The number of carboxylic acids is 1. The molecule has 1 amide bonds. The van der Waals surface area contributed by atoms with Gasteiger partial charge in [0.1, 0.15) is 4.75 Å². The van der Waals surface area contributed by atoms with E-state index >= 15 is 4.39 Å². The predicted octanol–water partition coefficient (Wildman–Crippen LogP) is 6.99. The second-order valence-corrected chi connectivity index (χ2v) is 13.9. The van der Waals surface area contributed by atoms with Crippen LogP contribution in [0.3, 0.4) is 0 Å². The van der Waals surface area contributed by atoms with Crippen molar-refractivity contribution in [2.45, 2.75) is 92.0 Å². The molecule has 4 rings (SSSR count). The molecule has 2 aliphatic rings. The molecule has 1 aliphatic heterocycles. The Morgan fingerprint density at radius 3 is 2.17 bits per heavy atom. The van der Waals surface area contributed by atoms with E-state index in [2.05, 4.69) is 0 Å². The largest absolute Gasteiger partial charge is 0.481 e. The third kappa shape index (κ3) is 5.87. The molecule has 46 heavy (non-hydrogen) atoms. The normalized spacial score (nSPS) is 21.1. The van der Waals surface area contributed by atoms with E-state index in [0.29, 0.717) is 18.6 Å². The number of carbonyl (C=O) groups excluding carboxylic acids is 1. The molecule has 254 valence electrons. The molecule has 2 aromatic rings. The molecule has 0 bridgehead atoms. The van der Waals surface area contributed by atoms with Gasteiger partial charge in [-0.3, -0.25) is 14.0 Å². The highest BCUT2D eigenvalue weighted by Crippen LogP contribution is 2.57. The molecular weight excluding hydrogens is 650 g/mol. The van der Waals surface area contributed by atoms with Crippen LogP contribution in [0.1, 0.15) is 67.7 Å². The standard InChI is InChI=1S/C31H33F8NO5S/c1-2-19-6-10-23(11-7-19)46(44,45)28-15-17-40(27(43)20(14-16-32)4-3-5-26(41)42)25(28)13-8-21-18-22(9-12-24(21)28)29(33,30(34,35)36)31(37,38)39/h6-7,9-12,18,20,25H,2-5,8,13-17H2,1H3,(H,41,42)/t20-,25?,28?/m0/s1. The zero-order chi connectivity index (χ0) is 34.3. The van der Waals surface area contributed by atoms with Crippen molar-refractivity contribution in [3.63, 3.8) is 0 Å². The third-order valence-corrected chi connectivity index (χ3v) is 11.8. The number of halogens is 8. The Bertz CT molecular complexity index is 1540. The number of sulfone groups is 1. The summed E-state index contributed by atoms with van der Waals surface area (Å²) in [7, 11) is -4.52. The lowest BCUT2D eigenvalue weighted by atomic mass is 9.76. The van der Waals surface area contributed by atoms with Gasteiger partial charge in [-0.25, -0.2) is 12.8 Å². The molecule has 1 heterocycles. The number of hydrogen-bond donors (Lipinski definition) is 1. The fourth-order valence-electron chi connectivity index (χ4n) is 6.87. The first-order valence-corrected chi connectivity index (χ1v) is 16.2. The van der Waals surface area contributed by atoms with Crippen LogP contribution in [0, 0.1) is 5.92 Å². The van der Waals surface area contributed by atoms with Crippen LogP contribution in [-0.2, 0) is 42.7 Å². The van der Waals surface area contributed by atoms with Gasteiger partial charge in [-0.2, -0.15) is 26.3 Å². The van der Waals surface area contributed by atoms with Crippen molar-refractivity contribution in [3.05, 3.63) is 64.7 Å². The summed E-state index contributed by atoms with van der Waals surface area (Å²) in [6.45, 7) is 0.742. The molecule has 15 heteroatoms. The number of carboxylic acid groups (broad SMARTS) is 1. The maximum absolute atomic E-state index is 15.0. The Balaban J connectivity index is 1.88. The van der Waals surface area contributed by atoms with Gasteiger partial charge in [0, 0.05) is 24.4 Å². The van der Waals surface area contributed by atoms with Crippen molar-refractivity contribution in [2.75, 3.05) is 13.2 Å². The average Bonchev–Trinajstić information content (AvgIpc) is 3.40. The topological polar surface area (TPSA) is 91.8 Å². The first-order chi connectivity index (χ1) is 21.4. The highest BCUT2D eigenvalue weighted by Gasteiger charge is 2.74. The summed E-state index contributed by atoms with van der Waals surface area (Å²) < 4.78 is 137. The van der Waals surface area contributed by atoms with Gasteiger partial charge in [0.2, 0.25) is 5.91 Å². The van der Waals surface area contributed by atoms with E-state index in [9.17, 15) is 48.7 Å². The van der Waals surface area contributed by atoms with Crippen LogP contribution < -0.4 is 0 Å². The zero-order valence-electron chi connectivity index (χ0n) is 24.7. The van der Waals surface area contributed by atoms with E-state index in [4.69, 9.17) is 5.11 Å². The maximum Gasteiger partial charge on any atom is 0.435 e. The number of nitrogens with zero attached hydrogens (tertiary/aromatic N) is 1. The minimum atomic E-state index is -6.37. The van der Waals surface area contributed by atoms with Crippen LogP contribution in [0.5, 0.6) is 0 Å². The molecule has 6 nitrogen and oxygen atoms in total. The second kappa shape index (κ2) is 12.8. The lowest BCUT2D eigenvalue weighted by Crippen LogP contribution is -2.53. The van der Waals surface area contributed by atoms with Crippen LogP contribution >= 0.6 is 0 Å². The number of likely N-dealkylation sites (tertiary alicyclic amines) is 1. The van der Waals surface area contributed by atoms with Gasteiger partial charge < -0.3 is 10.0 Å². The van der Waals surface area contributed by atoms with Crippen LogP contribution in [0.2, 0.25) is 0 Å². The van der Waals surface area contributed by atoms with Crippen LogP contribution in [0.4, 0.5) is 35.1 Å². The monoisotopic (exact) mass is 683 g/mol. The van der Waals surface area contributed by atoms with Crippen molar-refractivity contribution >= 4 is 21.7 Å². The number of hydrogen-bond acceptors (Lipinski definition) is 4. The van der Waals surface area contributed by atoms with Crippen LogP contribution in [0.15, 0.2) is 47.4 Å². The van der Waals surface area contributed by atoms with Gasteiger partial charge >= 0.3 is 24.0 Å². The van der Waals surface area contributed by atoms with E-state index in [0.717, 1.165) is 11.6 Å². The van der Waals surface area contributed by atoms with Gasteiger partial charge in [-0.15, -0.1) is 0 Å². The fourth-order valence-corrected chi connectivity index (χ4v) is 9.23. The Kier molecular flexibility index (Phi) is 9.88. The minimum Gasteiger partial charge on any atom is -0.481 e. The van der Waals surface area contributed by atoms with Crippen molar-refractivity contribution in [2.24, 2.45) is 5.92 Å². The number of fused-ring (bicyclic) bond motifs is 3. The molecule has 3 atom stereocenters. The molecule has 1 N–H and O–H groups in total. The maximum atomic E-state index is 15.0. The van der Waals surface area contributed by atoms with Crippen LogP contribution in [-0.4, -0.2) is 61.9 Å². The molecule has 1 saturated heterocycles. The highest BCUT2D eigenvalue weighted by atomic mass is 32.2. The summed E-state index contributed by atoms with van der Waals surface area (Å²) in [5.74, 6) is -2.73. The number of amides is 1. The summed E-state index contributed by atoms with van der Waals surface area (Å²) in [5.41, 5.74) is -7.03. The van der Waals surface area contributed by atoms with Crippen molar-refractivity contribution < 1.29 is 58.2 Å².